The molecule has 166 valence electrons. The summed E-state index contributed by atoms with van der Waals surface area (Å²) in [5.74, 6) is 1.56. The van der Waals surface area contributed by atoms with Crippen LogP contribution in [0.15, 0.2) is 40.7 Å². The number of nitrogens with zero attached hydrogens (tertiary/aromatic N) is 2. The number of aliphatic imine (C=N–C) groups is 1. The third-order valence-corrected chi connectivity index (χ3v) is 6.03. The number of halogens is 2. The van der Waals surface area contributed by atoms with Gasteiger partial charge < -0.3 is 20.1 Å². The summed E-state index contributed by atoms with van der Waals surface area (Å²) in [7, 11) is 1.79. The molecule has 1 saturated heterocycles. The third kappa shape index (κ3) is 7.26. The highest BCUT2D eigenvalue weighted by molar-refractivity contribution is 14.0. The number of nitrogens with one attached hydrogen (secondary N) is 2. The largest absolute Gasteiger partial charge is 0.493 e. The zero-order valence-corrected chi connectivity index (χ0v) is 21.3. The molecule has 2 N–H and O–H groups in total. The van der Waals surface area contributed by atoms with Crippen LogP contribution in [-0.4, -0.2) is 57.4 Å². The van der Waals surface area contributed by atoms with Gasteiger partial charge in [0.1, 0.15) is 5.75 Å². The van der Waals surface area contributed by atoms with Gasteiger partial charge in [-0.15, -0.1) is 35.3 Å². The van der Waals surface area contributed by atoms with E-state index >= 15 is 0 Å². The van der Waals surface area contributed by atoms with Gasteiger partial charge in [-0.1, -0.05) is 23.7 Å². The number of thiophene rings is 1. The standard InChI is InChI=1S/C21H29ClN4O2S.HI/c1-3-28-19-13-17(22)7-6-16(19)14-24-21(23-2)25-15-18(20-5-4-12-29-20)26-8-10-27-11-9-26;/h4-7,12-13,18H,3,8-11,14-15H2,1-2H3,(H2,23,24,25);1H. The van der Waals surface area contributed by atoms with E-state index in [1.165, 1.54) is 4.88 Å². The van der Waals surface area contributed by atoms with Crippen molar-refractivity contribution in [2.75, 3.05) is 46.5 Å². The van der Waals surface area contributed by atoms with Crippen molar-refractivity contribution in [2.24, 2.45) is 4.99 Å². The molecule has 1 aromatic heterocycles. The Morgan fingerprint density at radius 1 is 1.30 bits per heavy atom. The zero-order valence-electron chi connectivity index (χ0n) is 17.4. The van der Waals surface area contributed by atoms with Crippen LogP contribution in [0.2, 0.25) is 5.02 Å². The van der Waals surface area contributed by atoms with Gasteiger partial charge in [-0.05, 0) is 30.5 Å². The van der Waals surface area contributed by atoms with E-state index in [1.807, 2.05) is 25.1 Å². The first-order chi connectivity index (χ1) is 14.2. The minimum Gasteiger partial charge on any atom is -0.493 e. The Bertz CT molecular complexity index is 785. The molecule has 2 aromatic rings. The molecular weight excluding hydrogens is 535 g/mol. The zero-order chi connectivity index (χ0) is 20.5. The summed E-state index contributed by atoms with van der Waals surface area (Å²) >= 11 is 7.89. The predicted octanol–water partition coefficient (Wildman–Crippen LogP) is 4.16. The second-order valence-electron chi connectivity index (χ2n) is 6.67. The first-order valence-electron chi connectivity index (χ1n) is 9.92. The summed E-state index contributed by atoms with van der Waals surface area (Å²) in [6.07, 6.45) is 0. The maximum Gasteiger partial charge on any atom is 0.191 e. The first kappa shape index (κ1) is 25.2. The topological polar surface area (TPSA) is 58.1 Å². The van der Waals surface area contributed by atoms with Gasteiger partial charge in [-0.3, -0.25) is 9.89 Å². The van der Waals surface area contributed by atoms with Crippen molar-refractivity contribution < 1.29 is 9.47 Å². The smallest absolute Gasteiger partial charge is 0.191 e. The van der Waals surface area contributed by atoms with Crippen LogP contribution in [0.1, 0.15) is 23.4 Å². The SMILES string of the molecule is CCOc1cc(Cl)ccc1CNC(=NC)NCC(c1cccs1)N1CCOCC1.I. The fourth-order valence-corrected chi connectivity index (χ4v) is 4.36. The van der Waals surface area contributed by atoms with Crippen LogP contribution < -0.4 is 15.4 Å². The Labute approximate surface area is 205 Å². The monoisotopic (exact) mass is 564 g/mol. The quantitative estimate of drug-likeness (QED) is 0.287. The number of hydrogen-bond acceptors (Lipinski definition) is 5. The molecule has 0 bridgehead atoms. The number of hydrogen-bond donors (Lipinski definition) is 2. The van der Waals surface area contributed by atoms with E-state index in [2.05, 4.69) is 38.0 Å². The van der Waals surface area contributed by atoms with Crippen molar-refractivity contribution in [3.05, 3.63) is 51.2 Å². The molecule has 0 amide bonds. The van der Waals surface area contributed by atoms with E-state index in [0.717, 1.165) is 50.1 Å². The highest BCUT2D eigenvalue weighted by Crippen LogP contribution is 2.26. The molecular formula is C21H30ClIN4O2S. The molecule has 6 nitrogen and oxygen atoms in total. The summed E-state index contributed by atoms with van der Waals surface area (Å²) in [4.78, 5) is 8.21. The number of guanidine groups is 1. The predicted molar refractivity (Wildman–Crippen MR) is 136 cm³/mol. The van der Waals surface area contributed by atoms with Crippen molar-refractivity contribution in [3.8, 4) is 5.75 Å². The molecule has 3 rings (SSSR count). The van der Waals surface area contributed by atoms with Crippen LogP contribution in [0, 0.1) is 0 Å². The average molecular weight is 565 g/mol. The van der Waals surface area contributed by atoms with Gasteiger partial charge in [0, 0.05) is 48.7 Å². The lowest BCUT2D eigenvalue weighted by Gasteiger charge is -2.34. The minimum absolute atomic E-state index is 0. The van der Waals surface area contributed by atoms with Crippen molar-refractivity contribution in [1.82, 2.24) is 15.5 Å². The van der Waals surface area contributed by atoms with E-state index in [4.69, 9.17) is 21.1 Å². The number of ether oxygens (including phenoxy) is 2. The Morgan fingerprint density at radius 3 is 2.77 bits per heavy atom. The molecule has 1 aromatic carbocycles. The van der Waals surface area contributed by atoms with Gasteiger partial charge in [-0.2, -0.15) is 0 Å². The van der Waals surface area contributed by atoms with Gasteiger partial charge >= 0.3 is 0 Å². The summed E-state index contributed by atoms with van der Waals surface area (Å²) < 4.78 is 11.2. The summed E-state index contributed by atoms with van der Waals surface area (Å²) in [5, 5.41) is 9.67. The number of benzene rings is 1. The molecule has 0 aliphatic carbocycles. The Kier molecular flexibility index (Phi) is 11.2. The van der Waals surface area contributed by atoms with Gasteiger partial charge in [0.25, 0.3) is 0 Å². The van der Waals surface area contributed by atoms with E-state index in [-0.39, 0.29) is 24.0 Å². The van der Waals surface area contributed by atoms with Gasteiger partial charge in [0.05, 0.1) is 25.9 Å². The second-order valence-corrected chi connectivity index (χ2v) is 8.09. The molecule has 1 unspecified atom stereocenters. The molecule has 1 atom stereocenters. The molecule has 2 heterocycles. The second kappa shape index (κ2) is 13.4. The Balaban J connectivity index is 0.00000320. The lowest BCUT2D eigenvalue weighted by molar-refractivity contribution is 0.0177. The lowest BCUT2D eigenvalue weighted by Crippen LogP contribution is -2.46. The summed E-state index contributed by atoms with van der Waals surface area (Å²) in [6.45, 7) is 7.40. The van der Waals surface area contributed by atoms with Crippen LogP contribution in [0.25, 0.3) is 0 Å². The normalized spacial score (nSPS) is 15.9. The molecule has 1 aliphatic rings. The Morgan fingerprint density at radius 2 is 2.10 bits per heavy atom. The average Bonchev–Trinajstić information content (AvgIpc) is 3.27. The van der Waals surface area contributed by atoms with E-state index < -0.39 is 0 Å². The van der Waals surface area contributed by atoms with Gasteiger partial charge in [0.2, 0.25) is 0 Å². The van der Waals surface area contributed by atoms with E-state index in [9.17, 15) is 0 Å². The Hall–Kier alpha value is -1.07. The molecule has 0 radical (unpaired) electrons. The lowest BCUT2D eigenvalue weighted by atomic mass is 10.2. The molecule has 30 heavy (non-hydrogen) atoms. The van der Waals surface area contributed by atoms with Crippen LogP contribution in [0.3, 0.4) is 0 Å². The maximum atomic E-state index is 6.10. The number of rotatable bonds is 8. The third-order valence-electron chi connectivity index (χ3n) is 4.82. The first-order valence-corrected chi connectivity index (χ1v) is 11.2. The van der Waals surface area contributed by atoms with Crippen molar-refractivity contribution in [2.45, 2.75) is 19.5 Å². The molecule has 0 saturated carbocycles. The number of morpholine rings is 1. The van der Waals surface area contributed by atoms with Crippen LogP contribution in [0.5, 0.6) is 5.75 Å². The fourth-order valence-electron chi connectivity index (χ4n) is 3.34. The molecule has 1 fully saturated rings. The van der Waals surface area contributed by atoms with Crippen molar-refractivity contribution in [1.29, 1.82) is 0 Å². The molecule has 0 spiro atoms. The fraction of sp³-hybridized carbons (Fsp3) is 0.476. The van der Waals surface area contributed by atoms with Crippen LogP contribution >= 0.6 is 46.9 Å². The van der Waals surface area contributed by atoms with Gasteiger partial charge in [0.15, 0.2) is 5.96 Å². The van der Waals surface area contributed by atoms with E-state index in [0.29, 0.717) is 24.2 Å². The minimum atomic E-state index is 0. The highest BCUT2D eigenvalue weighted by Gasteiger charge is 2.23. The van der Waals surface area contributed by atoms with Crippen LogP contribution in [-0.2, 0) is 11.3 Å². The molecule has 9 heteroatoms. The van der Waals surface area contributed by atoms with Gasteiger partial charge in [-0.25, -0.2) is 0 Å². The highest BCUT2D eigenvalue weighted by atomic mass is 127. The summed E-state index contributed by atoms with van der Waals surface area (Å²) in [5.41, 5.74) is 1.04. The van der Waals surface area contributed by atoms with Crippen molar-refractivity contribution in [3.63, 3.8) is 0 Å². The van der Waals surface area contributed by atoms with E-state index in [1.54, 1.807) is 18.4 Å². The van der Waals surface area contributed by atoms with Crippen molar-refractivity contribution >= 4 is 52.9 Å². The maximum absolute atomic E-state index is 6.10. The molecule has 1 aliphatic heterocycles. The summed E-state index contributed by atoms with van der Waals surface area (Å²) in [6, 6.07) is 10.3. The van der Waals surface area contributed by atoms with Crippen LogP contribution in [0.4, 0.5) is 0 Å².